The first-order valence-electron chi connectivity index (χ1n) is 17.8. The number of aliphatic carboxylic acids is 1. The third-order valence-electron chi connectivity index (χ3n) is 7.10. The van der Waals surface area contributed by atoms with Crippen molar-refractivity contribution in [2.45, 2.75) is 45.7 Å². The maximum atomic E-state index is 12.3. The van der Waals surface area contributed by atoms with Crippen LogP contribution in [-0.2, 0) is 66.7 Å². The second kappa shape index (κ2) is 30.9. The molecule has 0 saturated heterocycles. The minimum Gasteiger partial charge on any atom is -0.480 e. The van der Waals surface area contributed by atoms with Crippen LogP contribution in [-0.4, -0.2) is 176 Å². The summed E-state index contributed by atoms with van der Waals surface area (Å²) in [6.07, 6.45) is 2.45. The third kappa shape index (κ3) is 25.2. The second-order valence-corrected chi connectivity index (χ2v) is 11.8. The Morgan fingerprint density at radius 3 is 1.38 bits per heavy atom. The van der Waals surface area contributed by atoms with Crippen molar-refractivity contribution in [3.63, 3.8) is 0 Å². The van der Waals surface area contributed by atoms with Gasteiger partial charge in [0.15, 0.2) is 0 Å². The van der Waals surface area contributed by atoms with Crippen LogP contribution in [0.1, 0.15) is 33.6 Å². The van der Waals surface area contributed by atoms with Crippen LogP contribution in [0, 0.1) is 5.92 Å². The first kappa shape index (κ1) is 47.5. The van der Waals surface area contributed by atoms with Gasteiger partial charge in [-0.2, -0.15) is 0 Å². The van der Waals surface area contributed by atoms with Gasteiger partial charge in [0.2, 0.25) is 17.7 Å². The van der Waals surface area contributed by atoms with Gasteiger partial charge in [-0.15, -0.1) is 0 Å². The fourth-order valence-electron chi connectivity index (χ4n) is 4.17. The molecular formula is C34H58N4O15. The number of hydrogen-bond donors (Lipinski definition) is 4. The SMILES string of the molecule is CC(NC(=O)C(NC(=O)CCOCCOCCOCCOCCOCCOCCOCCOCCNC(=O)CCN1C(=O)C=CC1=O)C(C)C)C(=O)O. The molecule has 5 amide bonds. The molecule has 0 saturated carbocycles. The molecule has 0 aromatic heterocycles. The normalized spacial score (nSPS) is 13.8. The molecule has 0 aromatic rings. The van der Waals surface area contributed by atoms with Crippen molar-refractivity contribution in [3.8, 4) is 0 Å². The largest absolute Gasteiger partial charge is 0.480 e. The van der Waals surface area contributed by atoms with E-state index in [0.29, 0.717) is 99.0 Å². The van der Waals surface area contributed by atoms with E-state index < -0.39 is 35.8 Å². The summed E-state index contributed by atoms with van der Waals surface area (Å²) in [5, 5.41) is 16.6. The van der Waals surface area contributed by atoms with E-state index >= 15 is 0 Å². The predicted octanol–water partition coefficient (Wildman–Crippen LogP) is -1.33. The molecule has 2 unspecified atom stereocenters. The molecule has 0 aromatic carbocycles. The van der Waals surface area contributed by atoms with E-state index in [9.17, 15) is 28.8 Å². The molecule has 4 N–H and O–H groups in total. The van der Waals surface area contributed by atoms with Crippen molar-refractivity contribution in [2.24, 2.45) is 5.92 Å². The number of rotatable bonds is 35. The molecule has 304 valence electrons. The smallest absolute Gasteiger partial charge is 0.325 e. The number of carbonyl (C=O) groups excluding carboxylic acids is 5. The number of nitrogens with one attached hydrogen (secondary N) is 3. The molecule has 2 atom stereocenters. The average Bonchev–Trinajstić information content (AvgIpc) is 3.44. The summed E-state index contributed by atoms with van der Waals surface area (Å²) < 4.78 is 43.4. The number of carbonyl (C=O) groups is 6. The van der Waals surface area contributed by atoms with E-state index in [4.69, 9.17) is 43.0 Å². The lowest BCUT2D eigenvalue weighted by atomic mass is 10.0. The van der Waals surface area contributed by atoms with E-state index in [1.807, 2.05) is 0 Å². The highest BCUT2D eigenvalue weighted by Gasteiger charge is 2.27. The quantitative estimate of drug-likeness (QED) is 0.0433. The zero-order chi connectivity index (χ0) is 39.1. The highest BCUT2D eigenvalue weighted by Crippen LogP contribution is 2.05. The van der Waals surface area contributed by atoms with E-state index in [-0.39, 0.29) is 50.3 Å². The molecule has 1 rings (SSSR count). The molecule has 19 nitrogen and oxygen atoms in total. The molecular weight excluding hydrogens is 704 g/mol. The number of amides is 5. The number of carboxylic acids is 1. The van der Waals surface area contributed by atoms with Crippen molar-refractivity contribution in [1.82, 2.24) is 20.9 Å². The Morgan fingerprint density at radius 2 is 0.981 bits per heavy atom. The molecule has 0 bridgehead atoms. The molecule has 0 aliphatic carbocycles. The van der Waals surface area contributed by atoms with Crippen LogP contribution in [0.15, 0.2) is 12.2 Å². The fraction of sp³-hybridized carbons (Fsp3) is 0.765. The topological polar surface area (TPSA) is 236 Å². The van der Waals surface area contributed by atoms with Gasteiger partial charge >= 0.3 is 5.97 Å². The molecule has 0 spiro atoms. The van der Waals surface area contributed by atoms with Gasteiger partial charge in [-0.25, -0.2) is 0 Å². The van der Waals surface area contributed by atoms with Crippen molar-refractivity contribution in [2.75, 3.05) is 119 Å². The Kier molecular flexibility index (Phi) is 27.6. The van der Waals surface area contributed by atoms with Crippen molar-refractivity contribution < 1.29 is 71.8 Å². The summed E-state index contributed by atoms with van der Waals surface area (Å²) in [5.41, 5.74) is 0. The Labute approximate surface area is 310 Å². The van der Waals surface area contributed by atoms with Gasteiger partial charge in [-0.1, -0.05) is 13.8 Å². The van der Waals surface area contributed by atoms with Gasteiger partial charge in [-0.3, -0.25) is 33.7 Å². The Balaban J connectivity index is 1.77. The molecule has 19 heteroatoms. The van der Waals surface area contributed by atoms with Gasteiger partial charge in [0.25, 0.3) is 11.8 Å². The molecule has 0 radical (unpaired) electrons. The van der Waals surface area contributed by atoms with E-state index in [2.05, 4.69) is 16.0 Å². The monoisotopic (exact) mass is 762 g/mol. The first-order chi connectivity index (χ1) is 25.5. The summed E-state index contributed by atoms with van der Waals surface area (Å²) >= 11 is 0. The number of imide groups is 1. The highest BCUT2D eigenvalue weighted by molar-refractivity contribution is 6.13. The van der Waals surface area contributed by atoms with Gasteiger partial charge in [0, 0.05) is 38.1 Å². The highest BCUT2D eigenvalue weighted by atomic mass is 16.6. The lowest BCUT2D eigenvalue weighted by molar-refractivity contribution is -0.142. The lowest BCUT2D eigenvalue weighted by Gasteiger charge is -2.23. The summed E-state index contributed by atoms with van der Waals surface area (Å²) in [6.45, 7) is 11.2. The molecule has 1 aliphatic rings. The van der Waals surface area contributed by atoms with Crippen molar-refractivity contribution in [3.05, 3.63) is 12.2 Å². The van der Waals surface area contributed by atoms with Gasteiger partial charge in [0.05, 0.1) is 106 Å². The van der Waals surface area contributed by atoms with Crippen LogP contribution >= 0.6 is 0 Å². The number of carboxylic acid groups (broad SMARTS) is 1. The molecule has 1 heterocycles. The predicted molar refractivity (Wildman–Crippen MR) is 187 cm³/mol. The zero-order valence-corrected chi connectivity index (χ0v) is 31.1. The van der Waals surface area contributed by atoms with Crippen LogP contribution in [0.25, 0.3) is 0 Å². The van der Waals surface area contributed by atoms with Gasteiger partial charge in [0.1, 0.15) is 12.1 Å². The zero-order valence-electron chi connectivity index (χ0n) is 31.1. The molecule has 0 fully saturated rings. The van der Waals surface area contributed by atoms with Crippen molar-refractivity contribution >= 4 is 35.5 Å². The average molecular weight is 763 g/mol. The maximum Gasteiger partial charge on any atom is 0.325 e. The molecule has 1 aliphatic heterocycles. The standard InChI is InChI=1S/C34H58N4O15/c1-26(2)32(33(43)36-27(3)34(44)45)37-29(40)7-10-46-12-14-48-16-18-50-20-22-52-24-25-53-23-21-51-19-17-49-15-13-47-11-8-35-28(39)6-9-38-30(41)4-5-31(38)42/h4-5,26-27,32H,6-25H2,1-3H3,(H,35,39)(H,36,43)(H,37,40)(H,44,45). The van der Waals surface area contributed by atoms with E-state index in [1.165, 1.54) is 19.1 Å². The van der Waals surface area contributed by atoms with Crippen LogP contribution in [0.3, 0.4) is 0 Å². The fourth-order valence-corrected chi connectivity index (χ4v) is 4.17. The number of hydrogen-bond acceptors (Lipinski definition) is 14. The number of ether oxygens (including phenoxy) is 8. The second-order valence-electron chi connectivity index (χ2n) is 11.8. The van der Waals surface area contributed by atoms with Gasteiger partial charge in [-0.05, 0) is 12.8 Å². The van der Waals surface area contributed by atoms with Crippen molar-refractivity contribution in [1.29, 1.82) is 0 Å². The minimum absolute atomic E-state index is 0.0388. The third-order valence-corrected chi connectivity index (χ3v) is 7.10. The number of nitrogens with zero attached hydrogens (tertiary/aromatic N) is 1. The van der Waals surface area contributed by atoms with E-state index in [0.717, 1.165) is 4.90 Å². The summed E-state index contributed by atoms with van der Waals surface area (Å²) in [7, 11) is 0. The Hall–Kier alpha value is -3.56. The maximum absolute atomic E-state index is 12.3. The van der Waals surface area contributed by atoms with Crippen LogP contribution in [0.2, 0.25) is 0 Å². The summed E-state index contributed by atoms with van der Waals surface area (Å²) in [4.78, 5) is 71.1. The lowest BCUT2D eigenvalue weighted by Crippen LogP contribution is -2.53. The first-order valence-corrected chi connectivity index (χ1v) is 17.8. The summed E-state index contributed by atoms with van der Waals surface area (Å²) in [5.74, 6) is -3.39. The summed E-state index contributed by atoms with van der Waals surface area (Å²) in [6, 6.07) is -1.91. The van der Waals surface area contributed by atoms with E-state index in [1.54, 1.807) is 13.8 Å². The molecule has 53 heavy (non-hydrogen) atoms. The Morgan fingerprint density at radius 1 is 0.585 bits per heavy atom. The van der Waals surface area contributed by atoms with Crippen LogP contribution in [0.5, 0.6) is 0 Å². The van der Waals surface area contributed by atoms with Crippen LogP contribution < -0.4 is 16.0 Å². The Bertz CT molecular complexity index is 1090. The van der Waals surface area contributed by atoms with Gasteiger partial charge < -0.3 is 59.0 Å². The minimum atomic E-state index is -1.16. The van der Waals surface area contributed by atoms with Crippen LogP contribution in [0.4, 0.5) is 0 Å².